The molecule has 1 aromatic carbocycles. The van der Waals surface area contributed by atoms with Crippen molar-refractivity contribution in [3.63, 3.8) is 0 Å². The summed E-state index contributed by atoms with van der Waals surface area (Å²) in [5.74, 6) is -0.675. The van der Waals surface area contributed by atoms with Gasteiger partial charge in [-0.15, -0.1) is 0 Å². The molecule has 0 aliphatic carbocycles. The van der Waals surface area contributed by atoms with Crippen LogP contribution in [0, 0.1) is 11.3 Å². The molecule has 1 rings (SSSR count). The Morgan fingerprint density at radius 1 is 1.50 bits per heavy atom. The first-order valence-electron chi connectivity index (χ1n) is 6.53. The molecule has 0 fully saturated rings. The smallest absolute Gasteiger partial charge is 0.294 e. The van der Waals surface area contributed by atoms with E-state index in [9.17, 15) is 13.2 Å². The molecule has 1 amide bonds. The Bertz CT molecular complexity index is 720. The third-order valence-corrected chi connectivity index (χ3v) is 3.73. The average Bonchev–Trinajstić information content (AvgIpc) is 2.47. The number of anilines is 1. The minimum atomic E-state index is -4.36. The fraction of sp³-hybridized carbons (Fsp3) is 0.286. The fourth-order valence-corrected chi connectivity index (χ4v) is 1.95. The number of benzene rings is 1. The molecule has 8 heteroatoms. The molecular formula is C14H17N3O4S. The van der Waals surface area contributed by atoms with Crippen LogP contribution in [0.15, 0.2) is 40.9 Å². The van der Waals surface area contributed by atoms with Gasteiger partial charge < -0.3 is 10.6 Å². The van der Waals surface area contributed by atoms with Crippen molar-refractivity contribution >= 4 is 21.7 Å². The van der Waals surface area contributed by atoms with Crippen LogP contribution in [0.5, 0.6) is 0 Å². The molecule has 0 heterocycles. The summed E-state index contributed by atoms with van der Waals surface area (Å²) in [5, 5.41) is 14.3. The van der Waals surface area contributed by atoms with Gasteiger partial charge in [-0.05, 0) is 31.5 Å². The zero-order valence-corrected chi connectivity index (χ0v) is 13.0. The van der Waals surface area contributed by atoms with Gasteiger partial charge in [-0.25, -0.2) is 0 Å². The lowest BCUT2D eigenvalue weighted by molar-refractivity contribution is -0.112. The van der Waals surface area contributed by atoms with Crippen LogP contribution in [0.1, 0.15) is 20.3 Å². The molecule has 0 bridgehead atoms. The number of nitriles is 1. The van der Waals surface area contributed by atoms with Crippen molar-refractivity contribution in [2.24, 2.45) is 0 Å². The van der Waals surface area contributed by atoms with E-state index in [1.165, 1.54) is 24.4 Å². The number of carbonyl (C=O) groups excluding carboxylic acids is 1. The van der Waals surface area contributed by atoms with E-state index in [1.54, 1.807) is 6.07 Å². The monoisotopic (exact) mass is 323 g/mol. The van der Waals surface area contributed by atoms with Crippen molar-refractivity contribution in [1.82, 2.24) is 5.32 Å². The van der Waals surface area contributed by atoms with Crippen molar-refractivity contribution in [1.29, 1.82) is 5.26 Å². The van der Waals surface area contributed by atoms with E-state index in [0.717, 1.165) is 12.5 Å². The highest BCUT2D eigenvalue weighted by Crippen LogP contribution is 2.15. The number of hydrogen-bond donors (Lipinski definition) is 3. The van der Waals surface area contributed by atoms with Crippen molar-refractivity contribution in [2.45, 2.75) is 31.2 Å². The number of amides is 1. The summed E-state index contributed by atoms with van der Waals surface area (Å²) in [5.41, 5.74) is 0.0161. The molecule has 3 N–H and O–H groups in total. The van der Waals surface area contributed by atoms with Gasteiger partial charge in [0.25, 0.3) is 16.0 Å². The van der Waals surface area contributed by atoms with Crippen LogP contribution < -0.4 is 10.6 Å². The van der Waals surface area contributed by atoms with Crippen LogP contribution in [0.2, 0.25) is 0 Å². The fourth-order valence-electron chi connectivity index (χ4n) is 1.42. The van der Waals surface area contributed by atoms with Gasteiger partial charge in [-0.1, -0.05) is 13.0 Å². The minimum Gasteiger partial charge on any atom is -0.387 e. The molecule has 1 atom stereocenters. The summed E-state index contributed by atoms with van der Waals surface area (Å²) in [6.07, 6.45) is 2.14. The number of hydrogen-bond acceptors (Lipinski definition) is 5. The highest BCUT2D eigenvalue weighted by atomic mass is 32.2. The lowest BCUT2D eigenvalue weighted by Crippen LogP contribution is -2.22. The number of nitrogens with one attached hydrogen (secondary N) is 2. The first-order chi connectivity index (χ1) is 10.3. The molecule has 118 valence electrons. The van der Waals surface area contributed by atoms with Gasteiger partial charge in [0.2, 0.25) is 0 Å². The molecule has 0 spiro atoms. The zero-order valence-electron chi connectivity index (χ0n) is 12.2. The predicted molar refractivity (Wildman–Crippen MR) is 81.5 cm³/mol. The third kappa shape index (κ3) is 5.20. The number of nitrogens with zero attached hydrogens (tertiary/aromatic N) is 1. The van der Waals surface area contributed by atoms with E-state index in [4.69, 9.17) is 9.81 Å². The molecular weight excluding hydrogens is 306 g/mol. The quantitative estimate of drug-likeness (QED) is 0.416. The van der Waals surface area contributed by atoms with Gasteiger partial charge in [-0.3, -0.25) is 9.35 Å². The van der Waals surface area contributed by atoms with Crippen LogP contribution >= 0.6 is 0 Å². The maximum Gasteiger partial charge on any atom is 0.294 e. The Morgan fingerprint density at radius 3 is 2.73 bits per heavy atom. The van der Waals surface area contributed by atoms with Crippen molar-refractivity contribution < 1.29 is 17.8 Å². The molecule has 0 saturated carbocycles. The second-order valence-electron chi connectivity index (χ2n) is 4.60. The Kier molecular flexibility index (Phi) is 6.10. The van der Waals surface area contributed by atoms with Gasteiger partial charge in [0.15, 0.2) is 0 Å². The van der Waals surface area contributed by atoms with Gasteiger partial charge in [-0.2, -0.15) is 13.7 Å². The molecule has 1 aromatic rings. The van der Waals surface area contributed by atoms with Crippen LogP contribution in [-0.2, 0) is 14.9 Å². The summed E-state index contributed by atoms with van der Waals surface area (Å²) in [6.45, 7) is 3.86. The molecule has 0 aliphatic heterocycles. The average molecular weight is 323 g/mol. The summed E-state index contributed by atoms with van der Waals surface area (Å²) in [4.78, 5) is 11.6. The number of carbonyl (C=O) groups is 1. The second kappa shape index (κ2) is 7.59. The maximum atomic E-state index is 12.0. The topological polar surface area (TPSA) is 119 Å². The summed E-state index contributed by atoms with van der Waals surface area (Å²) in [6, 6.07) is 6.98. The van der Waals surface area contributed by atoms with E-state index in [1.807, 2.05) is 13.8 Å². The van der Waals surface area contributed by atoms with Crippen LogP contribution in [0.25, 0.3) is 0 Å². The molecule has 22 heavy (non-hydrogen) atoms. The summed E-state index contributed by atoms with van der Waals surface area (Å²) in [7, 11) is -4.36. The van der Waals surface area contributed by atoms with Crippen molar-refractivity contribution in [3.05, 3.63) is 36.0 Å². The van der Waals surface area contributed by atoms with Crippen LogP contribution in [0.4, 0.5) is 5.69 Å². The van der Waals surface area contributed by atoms with E-state index in [0.29, 0.717) is 0 Å². The molecule has 0 aromatic heterocycles. The van der Waals surface area contributed by atoms with E-state index >= 15 is 0 Å². The highest BCUT2D eigenvalue weighted by molar-refractivity contribution is 7.85. The Hall–Kier alpha value is -2.37. The minimum absolute atomic E-state index is 0.110. The Labute approximate surface area is 129 Å². The Morgan fingerprint density at radius 2 is 2.18 bits per heavy atom. The van der Waals surface area contributed by atoms with Crippen molar-refractivity contribution in [3.8, 4) is 6.07 Å². The van der Waals surface area contributed by atoms with Gasteiger partial charge in [0.05, 0.1) is 4.90 Å². The van der Waals surface area contributed by atoms with E-state index in [2.05, 4.69) is 10.6 Å². The molecule has 0 aliphatic rings. The van der Waals surface area contributed by atoms with Gasteiger partial charge >= 0.3 is 0 Å². The molecule has 7 nitrogen and oxygen atoms in total. The number of rotatable bonds is 6. The largest absolute Gasteiger partial charge is 0.387 e. The van der Waals surface area contributed by atoms with Crippen LogP contribution in [-0.4, -0.2) is 24.9 Å². The summed E-state index contributed by atoms with van der Waals surface area (Å²) >= 11 is 0. The van der Waals surface area contributed by atoms with Gasteiger partial charge in [0.1, 0.15) is 11.6 Å². The SMILES string of the molecule is CCC(C)N/C=C(/C#N)C(=O)Nc1cccc(S(=O)(=O)O)c1. The first kappa shape index (κ1) is 17.7. The summed E-state index contributed by atoms with van der Waals surface area (Å²) < 4.78 is 31.0. The zero-order chi connectivity index (χ0) is 16.8. The Balaban J connectivity index is 2.90. The standard InChI is InChI=1S/C14H17N3O4S/c1-3-10(2)16-9-11(8-15)14(18)17-12-5-4-6-13(7-12)22(19,20)21/h4-7,9-10,16H,3H2,1-2H3,(H,17,18)(H,19,20,21)/b11-9-. The van der Waals surface area contributed by atoms with E-state index < -0.39 is 16.0 Å². The van der Waals surface area contributed by atoms with Crippen LogP contribution in [0.3, 0.4) is 0 Å². The molecule has 0 radical (unpaired) electrons. The molecule has 1 unspecified atom stereocenters. The molecule has 0 saturated heterocycles. The van der Waals surface area contributed by atoms with Gasteiger partial charge in [0, 0.05) is 17.9 Å². The predicted octanol–water partition coefficient (Wildman–Crippen LogP) is 1.67. The lowest BCUT2D eigenvalue weighted by atomic mass is 10.2. The first-order valence-corrected chi connectivity index (χ1v) is 7.97. The lowest BCUT2D eigenvalue weighted by Gasteiger charge is -2.09. The second-order valence-corrected chi connectivity index (χ2v) is 6.02. The third-order valence-electron chi connectivity index (χ3n) is 2.88. The van der Waals surface area contributed by atoms with Crippen molar-refractivity contribution in [2.75, 3.05) is 5.32 Å². The maximum absolute atomic E-state index is 12.0. The normalized spacial score (nSPS) is 13.1. The highest BCUT2D eigenvalue weighted by Gasteiger charge is 2.13. The van der Waals surface area contributed by atoms with E-state index in [-0.39, 0.29) is 22.2 Å².